The highest BCUT2D eigenvalue weighted by atomic mass is 32.1. The lowest BCUT2D eigenvalue weighted by Crippen LogP contribution is -2.31. The first-order chi connectivity index (χ1) is 8.16. The molecule has 5 nitrogen and oxygen atoms in total. The Morgan fingerprint density at radius 3 is 2.88 bits per heavy atom. The lowest BCUT2D eigenvalue weighted by molar-refractivity contribution is -0.123. The zero-order valence-electron chi connectivity index (χ0n) is 10.2. The number of carbonyl (C=O) groups excluding carboxylic acids is 1. The van der Waals surface area contributed by atoms with E-state index in [1.807, 2.05) is 13.8 Å². The van der Waals surface area contributed by atoms with Crippen LogP contribution in [0, 0.1) is 5.92 Å². The van der Waals surface area contributed by atoms with Crippen LogP contribution in [-0.2, 0) is 4.79 Å². The molecule has 6 heteroatoms. The predicted molar refractivity (Wildman–Crippen MR) is 68.2 cm³/mol. The Kier molecular flexibility index (Phi) is 3.93. The van der Waals surface area contributed by atoms with Crippen LogP contribution in [0.4, 0.5) is 5.13 Å². The standard InChI is InChI=1S/C11H18N4OS/c1-7(2)10(16)12-5-6-13-11-14-9(15-17-11)8-3-4-8/h7-8H,3-6H2,1-2H3,(H,12,16)(H,13,14,15). The third-order valence-electron chi connectivity index (χ3n) is 2.61. The van der Waals surface area contributed by atoms with Crippen molar-refractivity contribution < 1.29 is 4.79 Å². The van der Waals surface area contributed by atoms with Crippen molar-refractivity contribution in [1.82, 2.24) is 14.7 Å². The molecule has 2 rings (SSSR count). The molecule has 1 amide bonds. The van der Waals surface area contributed by atoms with E-state index in [1.54, 1.807) is 0 Å². The molecule has 17 heavy (non-hydrogen) atoms. The molecule has 0 radical (unpaired) electrons. The smallest absolute Gasteiger partial charge is 0.222 e. The Labute approximate surface area is 105 Å². The fourth-order valence-corrected chi connectivity index (χ4v) is 2.04. The second-order valence-electron chi connectivity index (χ2n) is 4.60. The van der Waals surface area contributed by atoms with Crippen molar-refractivity contribution in [3.8, 4) is 0 Å². The van der Waals surface area contributed by atoms with Gasteiger partial charge in [-0.1, -0.05) is 13.8 Å². The first kappa shape index (κ1) is 12.3. The van der Waals surface area contributed by atoms with Gasteiger partial charge in [0.25, 0.3) is 0 Å². The second kappa shape index (κ2) is 5.44. The summed E-state index contributed by atoms with van der Waals surface area (Å²) in [6, 6.07) is 0. The van der Waals surface area contributed by atoms with E-state index < -0.39 is 0 Å². The number of aromatic nitrogens is 2. The lowest BCUT2D eigenvalue weighted by Gasteiger charge is -2.07. The van der Waals surface area contributed by atoms with Gasteiger partial charge in [0.2, 0.25) is 11.0 Å². The molecule has 0 unspecified atom stereocenters. The topological polar surface area (TPSA) is 66.9 Å². The Morgan fingerprint density at radius 2 is 2.24 bits per heavy atom. The summed E-state index contributed by atoms with van der Waals surface area (Å²) in [6.45, 7) is 5.08. The van der Waals surface area contributed by atoms with Crippen molar-refractivity contribution in [3.63, 3.8) is 0 Å². The van der Waals surface area contributed by atoms with Crippen molar-refractivity contribution in [2.75, 3.05) is 18.4 Å². The van der Waals surface area contributed by atoms with Gasteiger partial charge in [0.05, 0.1) is 0 Å². The van der Waals surface area contributed by atoms with Gasteiger partial charge in [-0.25, -0.2) is 4.98 Å². The van der Waals surface area contributed by atoms with E-state index in [0.717, 1.165) is 11.0 Å². The zero-order chi connectivity index (χ0) is 12.3. The second-order valence-corrected chi connectivity index (χ2v) is 5.36. The first-order valence-corrected chi connectivity index (χ1v) is 6.79. The molecule has 2 N–H and O–H groups in total. The lowest BCUT2D eigenvalue weighted by atomic mass is 10.2. The quantitative estimate of drug-likeness (QED) is 0.757. The fraction of sp³-hybridized carbons (Fsp3) is 0.727. The summed E-state index contributed by atoms with van der Waals surface area (Å²) >= 11 is 1.40. The van der Waals surface area contributed by atoms with Crippen molar-refractivity contribution >= 4 is 22.6 Å². The molecule has 1 aromatic rings. The average Bonchev–Trinajstić information content (AvgIpc) is 3.04. The summed E-state index contributed by atoms with van der Waals surface area (Å²) in [6.07, 6.45) is 2.45. The number of rotatable bonds is 6. The number of nitrogens with zero attached hydrogens (tertiary/aromatic N) is 2. The third-order valence-corrected chi connectivity index (χ3v) is 3.30. The molecule has 1 saturated carbocycles. The largest absolute Gasteiger partial charge is 0.359 e. The van der Waals surface area contributed by atoms with Crippen molar-refractivity contribution in [3.05, 3.63) is 5.82 Å². The molecule has 1 aromatic heterocycles. The van der Waals surface area contributed by atoms with E-state index in [9.17, 15) is 4.79 Å². The maximum atomic E-state index is 11.3. The Morgan fingerprint density at radius 1 is 1.47 bits per heavy atom. The molecule has 1 fully saturated rings. The number of amides is 1. The molecule has 1 aliphatic carbocycles. The summed E-state index contributed by atoms with van der Waals surface area (Å²) < 4.78 is 4.30. The maximum Gasteiger partial charge on any atom is 0.222 e. The van der Waals surface area contributed by atoms with Gasteiger partial charge in [0.15, 0.2) is 0 Å². The number of hydrogen-bond donors (Lipinski definition) is 2. The molecular weight excluding hydrogens is 236 g/mol. The van der Waals surface area contributed by atoms with Gasteiger partial charge in [-0.15, -0.1) is 0 Å². The Balaban J connectivity index is 1.65. The molecule has 0 atom stereocenters. The molecule has 1 heterocycles. The summed E-state index contributed by atoms with van der Waals surface area (Å²) in [5.74, 6) is 1.70. The molecule has 1 aliphatic rings. The van der Waals surface area contributed by atoms with Crippen LogP contribution in [0.5, 0.6) is 0 Å². The van der Waals surface area contributed by atoms with Gasteiger partial charge < -0.3 is 10.6 Å². The predicted octanol–water partition coefficient (Wildman–Crippen LogP) is 1.60. The van der Waals surface area contributed by atoms with Gasteiger partial charge in [-0.3, -0.25) is 4.79 Å². The molecule has 0 saturated heterocycles. The van der Waals surface area contributed by atoms with E-state index in [1.165, 1.54) is 24.4 Å². The zero-order valence-corrected chi connectivity index (χ0v) is 11.0. The van der Waals surface area contributed by atoms with E-state index in [2.05, 4.69) is 20.0 Å². The van der Waals surface area contributed by atoms with E-state index in [4.69, 9.17) is 0 Å². The van der Waals surface area contributed by atoms with Gasteiger partial charge in [-0.2, -0.15) is 4.37 Å². The molecule has 94 valence electrons. The highest BCUT2D eigenvalue weighted by molar-refractivity contribution is 7.09. The monoisotopic (exact) mass is 254 g/mol. The molecule has 0 aromatic carbocycles. The van der Waals surface area contributed by atoms with Crippen LogP contribution in [0.3, 0.4) is 0 Å². The number of carbonyl (C=O) groups is 1. The SMILES string of the molecule is CC(C)C(=O)NCCNc1nc(C2CC2)ns1. The maximum absolute atomic E-state index is 11.3. The van der Waals surface area contributed by atoms with Crippen LogP contribution in [0.1, 0.15) is 38.4 Å². The van der Waals surface area contributed by atoms with Gasteiger partial charge >= 0.3 is 0 Å². The van der Waals surface area contributed by atoms with Crippen LogP contribution in [0.2, 0.25) is 0 Å². The molecule has 0 spiro atoms. The summed E-state index contributed by atoms with van der Waals surface area (Å²) in [4.78, 5) is 15.7. The average molecular weight is 254 g/mol. The highest BCUT2D eigenvalue weighted by Crippen LogP contribution is 2.39. The summed E-state index contributed by atoms with van der Waals surface area (Å²) in [5.41, 5.74) is 0. The van der Waals surface area contributed by atoms with Crippen molar-refractivity contribution in [2.45, 2.75) is 32.6 Å². The normalized spacial score (nSPS) is 15.0. The van der Waals surface area contributed by atoms with Gasteiger partial charge in [-0.05, 0) is 12.8 Å². The van der Waals surface area contributed by atoms with Crippen LogP contribution in [0.15, 0.2) is 0 Å². The van der Waals surface area contributed by atoms with Crippen LogP contribution < -0.4 is 10.6 Å². The minimum Gasteiger partial charge on any atom is -0.359 e. The highest BCUT2D eigenvalue weighted by Gasteiger charge is 2.27. The van der Waals surface area contributed by atoms with Crippen molar-refractivity contribution in [2.24, 2.45) is 5.92 Å². The van der Waals surface area contributed by atoms with E-state index in [-0.39, 0.29) is 11.8 Å². The van der Waals surface area contributed by atoms with Gasteiger partial charge in [0.1, 0.15) is 5.82 Å². The summed E-state index contributed by atoms with van der Waals surface area (Å²) in [7, 11) is 0. The first-order valence-electron chi connectivity index (χ1n) is 6.02. The van der Waals surface area contributed by atoms with Crippen LogP contribution in [0.25, 0.3) is 0 Å². The molecule has 0 aliphatic heterocycles. The van der Waals surface area contributed by atoms with E-state index >= 15 is 0 Å². The minimum absolute atomic E-state index is 0.0398. The van der Waals surface area contributed by atoms with Crippen molar-refractivity contribution in [1.29, 1.82) is 0 Å². The minimum atomic E-state index is 0.0398. The number of nitrogens with one attached hydrogen (secondary N) is 2. The summed E-state index contributed by atoms with van der Waals surface area (Å²) in [5, 5.41) is 6.87. The fourth-order valence-electron chi connectivity index (χ4n) is 1.37. The number of hydrogen-bond acceptors (Lipinski definition) is 5. The van der Waals surface area contributed by atoms with Crippen LogP contribution in [-0.4, -0.2) is 28.4 Å². The Bertz CT molecular complexity index is 387. The van der Waals surface area contributed by atoms with E-state index in [0.29, 0.717) is 19.0 Å². The van der Waals surface area contributed by atoms with Gasteiger partial charge in [0, 0.05) is 36.5 Å². The Hall–Kier alpha value is -1.17. The molecular formula is C11H18N4OS. The third kappa shape index (κ3) is 3.66. The van der Waals surface area contributed by atoms with Crippen LogP contribution >= 0.6 is 11.5 Å². The molecule has 0 bridgehead atoms. The number of anilines is 1.